The van der Waals surface area contributed by atoms with E-state index in [4.69, 9.17) is 34.0 Å². The van der Waals surface area contributed by atoms with E-state index >= 15 is 0 Å². The third-order valence-corrected chi connectivity index (χ3v) is 6.86. The van der Waals surface area contributed by atoms with Gasteiger partial charge in [0.15, 0.2) is 0 Å². The Morgan fingerprint density at radius 1 is 0.949 bits per heavy atom. The van der Waals surface area contributed by atoms with Gasteiger partial charge in [-0.3, -0.25) is 19.3 Å². The zero-order chi connectivity index (χ0) is 27.5. The molecule has 0 aliphatic rings. The molecule has 0 saturated carbocycles. The Labute approximate surface area is 234 Å². The second-order valence-electron chi connectivity index (χ2n) is 8.82. The van der Waals surface area contributed by atoms with E-state index in [-0.39, 0.29) is 12.1 Å². The average Bonchev–Trinajstić information content (AvgIpc) is 3.55. The number of hydrogen-bond acceptors (Lipinski definition) is 5. The molecule has 3 aromatic heterocycles. The van der Waals surface area contributed by atoms with Gasteiger partial charge in [0.25, 0.3) is 5.91 Å². The smallest absolute Gasteiger partial charge is 0.270 e. The van der Waals surface area contributed by atoms with Crippen molar-refractivity contribution >= 4 is 35.0 Å². The summed E-state index contributed by atoms with van der Waals surface area (Å²) >= 11 is 12.4. The minimum Gasteiger partial charge on any atom is -0.368 e. The van der Waals surface area contributed by atoms with E-state index in [9.17, 15) is 9.59 Å². The number of aryl methyl sites for hydroxylation is 1. The molecule has 0 unspecified atom stereocenters. The lowest BCUT2D eigenvalue weighted by Gasteiger charge is -2.15. The van der Waals surface area contributed by atoms with E-state index in [2.05, 4.69) is 15.4 Å². The van der Waals surface area contributed by atoms with Crippen LogP contribution in [-0.2, 0) is 18.3 Å². The number of aromatic nitrogens is 5. The molecule has 39 heavy (non-hydrogen) atoms. The summed E-state index contributed by atoms with van der Waals surface area (Å²) in [6.45, 7) is 0. The Balaban J connectivity index is 1.50. The molecule has 0 fully saturated rings. The number of benzene rings is 2. The first-order chi connectivity index (χ1) is 18.8. The van der Waals surface area contributed by atoms with Crippen LogP contribution >= 0.6 is 23.2 Å². The largest absolute Gasteiger partial charge is 0.368 e. The van der Waals surface area contributed by atoms with Crippen molar-refractivity contribution in [3.63, 3.8) is 0 Å². The number of primary amides is 1. The number of pyridine rings is 1. The Hall–Kier alpha value is -4.47. The van der Waals surface area contributed by atoms with Gasteiger partial charge in [-0.2, -0.15) is 10.2 Å². The third kappa shape index (κ3) is 5.69. The minimum atomic E-state index is -0.892. The highest BCUT2D eigenvalue weighted by atomic mass is 35.5. The van der Waals surface area contributed by atoms with Crippen molar-refractivity contribution in [2.75, 3.05) is 0 Å². The van der Waals surface area contributed by atoms with Gasteiger partial charge in [0.1, 0.15) is 17.4 Å². The molecule has 9 nitrogen and oxygen atoms in total. The Bertz CT molecular complexity index is 1650. The van der Waals surface area contributed by atoms with Crippen LogP contribution in [0, 0.1) is 0 Å². The summed E-state index contributed by atoms with van der Waals surface area (Å²) in [6, 6.07) is 20.8. The highest BCUT2D eigenvalue weighted by Crippen LogP contribution is 2.31. The molecule has 0 saturated heterocycles. The molecular formula is C28H23Cl2N7O2. The third-order valence-electron chi connectivity index (χ3n) is 6.12. The number of halogens is 2. The van der Waals surface area contributed by atoms with Gasteiger partial charge in [-0.15, -0.1) is 0 Å². The molecule has 11 heteroatoms. The predicted molar refractivity (Wildman–Crippen MR) is 150 cm³/mol. The van der Waals surface area contributed by atoms with Crippen LogP contribution in [0.3, 0.4) is 0 Å². The molecule has 1 atom stereocenters. The number of nitrogens with one attached hydrogen (secondary N) is 1. The quantitative estimate of drug-likeness (QED) is 0.290. The summed E-state index contributed by atoms with van der Waals surface area (Å²) in [7, 11) is 1.65. The number of rotatable bonds is 8. The van der Waals surface area contributed by atoms with Crippen LogP contribution in [0.4, 0.5) is 0 Å². The molecule has 0 aliphatic heterocycles. The second kappa shape index (κ2) is 11.1. The molecule has 0 bridgehead atoms. The number of nitrogens with two attached hydrogens (primary N) is 1. The van der Waals surface area contributed by atoms with Crippen molar-refractivity contribution in [1.29, 1.82) is 0 Å². The average molecular weight is 560 g/mol. The van der Waals surface area contributed by atoms with Gasteiger partial charge in [-0.25, -0.2) is 4.68 Å². The summed E-state index contributed by atoms with van der Waals surface area (Å²) in [4.78, 5) is 29.5. The lowest BCUT2D eigenvalue weighted by molar-refractivity contribution is -0.119. The number of carbonyl (C=O) groups is 2. The summed E-state index contributed by atoms with van der Waals surface area (Å²) in [6.07, 6.45) is 3.66. The fraction of sp³-hybridized carbons (Fsp3) is 0.107. The maximum atomic E-state index is 13.2. The molecule has 2 amide bonds. The molecule has 3 heterocycles. The molecule has 3 N–H and O–H groups in total. The molecule has 2 aromatic carbocycles. The van der Waals surface area contributed by atoms with Crippen molar-refractivity contribution in [3.8, 4) is 28.3 Å². The standard InChI is InChI=1S/C28H23Cl2N7O2/c1-36-26(28(39)33-24(27(31)38)12-17-6-3-2-4-7-17)15-23(34-36)25-14-22(18-8-5-11-32-16-18)35-37(25)19-9-10-20(29)21(30)13-19/h2-11,13-16,24H,12H2,1H3,(H2,31,38)(H,33,39)/t24-/m0/s1. The van der Waals surface area contributed by atoms with E-state index < -0.39 is 17.9 Å². The molecule has 0 radical (unpaired) electrons. The number of hydrogen-bond donors (Lipinski definition) is 2. The van der Waals surface area contributed by atoms with Crippen molar-refractivity contribution in [3.05, 3.63) is 106 Å². The first-order valence-electron chi connectivity index (χ1n) is 11.9. The molecule has 5 rings (SSSR count). The fourth-order valence-corrected chi connectivity index (χ4v) is 4.43. The van der Waals surface area contributed by atoms with Gasteiger partial charge in [0.05, 0.1) is 27.1 Å². The van der Waals surface area contributed by atoms with E-state index in [0.29, 0.717) is 32.8 Å². The summed E-state index contributed by atoms with van der Waals surface area (Å²) in [5, 5.41) is 12.9. The van der Waals surface area contributed by atoms with Crippen LogP contribution in [0.2, 0.25) is 10.0 Å². The Morgan fingerprint density at radius 3 is 2.44 bits per heavy atom. The van der Waals surface area contributed by atoms with Crippen LogP contribution < -0.4 is 11.1 Å². The van der Waals surface area contributed by atoms with Crippen molar-refractivity contribution in [2.45, 2.75) is 12.5 Å². The van der Waals surface area contributed by atoms with Gasteiger partial charge in [-0.1, -0.05) is 53.5 Å². The van der Waals surface area contributed by atoms with Crippen molar-refractivity contribution in [1.82, 2.24) is 29.9 Å². The van der Waals surface area contributed by atoms with E-state index in [1.54, 1.807) is 48.4 Å². The highest BCUT2D eigenvalue weighted by Gasteiger charge is 2.24. The Kier molecular flexibility index (Phi) is 7.44. The SMILES string of the molecule is Cn1nc(-c2cc(-c3cccnc3)nn2-c2ccc(Cl)c(Cl)c2)cc1C(=O)N[C@@H](Cc1ccccc1)C(N)=O. The summed E-state index contributed by atoms with van der Waals surface area (Å²) < 4.78 is 3.12. The van der Waals surface area contributed by atoms with E-state index in [0.717, 1.165) is 11.1 Å². The second-order valence-corrected chi connectivity index (χ2v) is 9.64. The van der Waals surface area contributed by atoms with Gasteiger partial charge in [-0.05, 0) is 48.0 Å². The Morgan fingerprint density at radius 2 is 1.74 bits per heavy atom. The minimum absolute atomic E-state index is 0.245. The van der Waals surface area contributed by atoms with Crippen molar-refractivity contribution in [2.24, 2.45) is 12.8 Å². The summed E-state index contributed by atoms with van der Waals surface area (Å²) in [5.74, 6) is -1.11. The first-order valence-corrected chi connectivity index (χ1v) is 12.7. The highest BCUT2D eigenvalue weighted by molar-refractivity contribution is 6.42. The van der Waals surface area contributed by atoms with Gasteiger partial charge in [0, 0.05) is 31.4 Å². The fourth-order valence-electron chi connectivity index (χ4n) is 4.14. The molecule has 0 spiro atoms. The lowest BCUT2D eigenvalue weighted by atomic mass is 10.1. The van der Waals surface area contributed by atoms with Crippen LogP contribution in [0.1, 0.15) is 16.1 Å². The number of nitrogens with zero attached hydrogens (tertiary/aromatic N) is 5. The first kappa shape index (κ1) is 26.1. The normalized spacial score (nSPS) is 11.8. The van der Waals surface area contributed by atoms with Gasteiger partial charge >= 0.3 is 0 Å². The monoisotopic (exact) mass is 559 g/mol. The van der Waals surface area contributed by atoms with Crippen LogP contribution in [-0.4, -0.2) is 42.4 Å². The summed E-state index contributed by atoms with van der Waals surface area (Å²) in [5.41, 5.74) is 9.92. The van der Waals surface area contributed by atoms with Crippen LogP contribution in [0.15, 0.2) is 85.2 Å². The molecule has 5 aromatic rings. The molecular weight excluding hydrogens is 537 g/mol. The lowest BCUT2D eigenvalue weighted by Crippen LogP contribution is -2.46. The maximum absolute atomic E-state index is 13.2. The topological polar surface area (TPSA) is 121 Å². The zero-order valence-electron chi connectivity index (χ0n) is 20.8. The zero-order valence-corrected chi connectivity index (χ0v) is 22.3. The number of amides is 2. The predicted octanol–water partition coefficient (Wildman–Crippen LogP) is 4.47. The van der Waals surface area contributed by atoms with Crippen molar-refractivity contribution < 1.29 is 9.59 Å². The van der Waals surface area contributed by atoms with E-state index in [1.165, 1.54) is 4.68 Å². The van der Waals surface area contributed by atoms with Gasteiger partial charge in [0.2, 0.25) is 5.91 Å². The molecule has 0 aliphatic carbocycles. The van der Waals surface area contributed by atoms with Crippen LogP contribution in [0.5, 0.6) is 0 Å². The maximum Gasteiger partial charge on any atom is 0.270 e. The van der Waals surface area contributed by atoms with Crippen LogP contribution in [0.25, 0.3) is 28.3 Å². The molecule has 196 valence electrons. The van der Waals surface area contributed by atoms with E-state index in [1.807, 2.05) is 48.5 Å². The van der Waals surface area contributed by atoms with Gasteiger partial charge < -0.3 is 11.1 Å². The number of carbonyl (C=O) groups excluding carboxylic acids is 2.